The van der Waals surface area contributed by atoms with E-state index in [0.717, 1.165) is 12.0 Å². The summed E-state index contributed by atoms with van der Waals surface area (Å²) >= 11 is 0. The summed E-state index contributed by atoms with van der Waals surface area (Å²) in [4.78, 5) is 12.3. The van der Waals surface area contributed by atoms with Crippen molar-refractivity contribution in [2.75, 3.05) is 0 Å². The Morgan fingerprint density at radius 2 is 2.00 bits per heavy atom. The van der Waals surface area contributed by atoms with Crippen LogP contribution in [0.2, 0.25) is 0 Å². The second-order valence-electron chi connectivity index (χ2n) is 5.47. The highest BCUT2D eigenvalue weighted by atomic mass is 16.1. The number of carbonyl (C=O) groups excluding carboxylic acids is 1. The Balaban J connectivity index is 2.14. The number of hydrogen-bond donors (Lipinski definition) is 1. The molecule has 0 aliphatic carbocycles. The first-order valence-corrected chi connectivity index (χ1v) is 6.90. The van der Waals surface area contributed by atoms with E-state index in [0.29, 0.717) is 11.5 Å². The van der Waals surface area contributed by atoms with Gasteiger partial charge < -0.3 is 5.32 Å². The quantitative estimate of drug-likeness (QED) is 0.909. The van der Waals surface area contributed by atoms with E-state index in [1.165, 1.54) is 0 Å². The zero-order valence-corrected chi connectivity index (χ0v) is 12.2. The molecule has 0 aliphatic rings. The Kier molecular flexibility index (Phi) is 4.56. The lowest BCUT2D eigenvalue weighted by molar-refractivity contribution is 0.0932. The van der Waals surface area contributed by atoms with Gasteiger partial charge in [0.2, 0.25) is 0 Å². The molecule has 1 unspecified atom stereocenters. The molecule has 2 rings (SSSR count). The molecule has 1 amide bonds. The molecule has 4 heteroatoms. The molecule has 0 bridgehead atoms. The fourth-order valence-electron chi connectivity index (χ4n) is 2.22. The fraction of sp³-hybridized carbons (Fsp3) is 0.375. The van der Waals surface area contributed by atoms with E-state index in [1.54, 1.807) is 24.1 Å². The zero-order chi connectivity index (χ0) is 14.5. The van der Waals surface area contributed by atoms with E-state index < -0.39 is 0 Å². The van der Waals surface area contributed by atoms with Crippen LogP contribution in [-0.4, -0.2) is 15.7 Å². The number of rotatable bonds is 5. The second-order valence-corrected chi connectivity index (χ2v) is 5.47. The molecule has 2 aromatic rings. The van der Waals surface area contributed by atoms with E-state index in [9.17, 15) is 4.79 Å². The van der Waals surface area contributed by atoms with Crippen LogP contribution in [0.4, 0.5) is 0 Å². The van der Waals surface area contributed by atoms with Crippen molar-refractivity contribution in [1.82, 2.24) is 15.1 Å². The average Bonchev–Trinajstić information content (AvgIpc) is 2.85. The molecular formula is C16H21N3O. The van der Waals surface area contributed by atoms with Crippen LogP contribution in [0, 0.1) is 5.92 Å². The Morgan fingerprint density at radius 3 is 2.55 bits per heavy atom. The molecule has 1 atom stereocenters. The van der Waals surface area contributed by atoms with Crippen LogP contribution in [0.3, 0.4) is 0 Å². The van der Waals surface area contributed by atoms with Crippen molar-refractivity contribution < 1.29 is 4.79 Å². The van der Waals surface area contributed by atoms with Gasteiger partial charge in [-0.25, -0.2) is 0 Å². The van der Waals surface area contributed by atoms with Gasteiger partial charge in [-0.1, -0.05) is 44.2 Å². The molecule has 0 radical (unpaired) electrons. The highest BCUT2D eigenvalue weighted by molar-refractivity contribution is 5.93. The number of nitrogens with one attached hydrogen (secondary N) is 1. The summed E-state index contributed by atoms with van der Waals surface area (Å²) in [6.07, 6.45) is 4.23. The molecule has 0 saturated heterocycles. The molecule has 1 heterocycles. The summed E-state index contributed by atoms with van der Waals surface area (Å²) in [6.45, 7) is 4.32. The molecule has 0 fully saturated rings. The molecule has 4 nitrogen and oxygen atoms in total. The molecule has 0 aliphatic heterocycles. The van der Waals surface area contributed by atoms with Crippen LogP contribution in [0.15, 0.2) is 42.7 Å². The Morgan fingerprint density at radius 1 is 1.30 bits per heavy atom. The molecule has 106 valence electrons. The minimum atomic E-state index is -0.0763. The summed E-state index contributed by atoms with van der Waals surface area (Å²) in [6, 6.07) is 10.1. The summed E-state index contributed by atoms with van der Waals surface area (Å²) < 4.78 is 1.63. The van der Waals surface area contributed by atoms with Crippen LogP contribution in [0.25, 0.3) is 0 Å². The molecular weight excluding hydrogens is 250 g/mol. The molecule has 1 aromatic carbocycles. The summed E-state index contributed by atoms with van der Waals surface area (Å²) in [7, 11) is 1.81. The van der Waals surface area contributed by atoms with Gasteiger partial charge in [-0.2, -0.15) is 5.10 Å². The van der Waals surface area contributed by atoms with Crippen LogP contribution in [0.5, 0.6) is 0 Å². The Bertz CT molecular complexity index is 560. The van der Waals surface area contributed by atoms with Crippen molar-refractivity contribution in [1.29, 1.82) is 0 Å². The highest BCUT2D eigenvalue weighted by Crippen LogP contribution is 2.21. The molecule has 20 heavy (non-hydrogen) atoms. The number of aromatic nitrogens is 2. The maximum absolute atomic E-state index is 12.3. The Hall–Kier alpha value is -2.10. The molecule has 1 aromatic heterocycles. The molecule has 0 saturated carbocycles. The third kappa shape index (κ3) is 3.70. The first-order chi connectivity index (χ1) is 9.56. The lowest BCUT2D eigenvalue weighted by Crippen LogP contribution is -2.29. The second kappa shape index (κ2) is 6.37. The number of hydrogen-bond acceptors (Lipinski definition) is 2. The lowest BCUT2D eigenvalue weighted by atomic mass is 9.97. The van der Waals surface area contributed by atoms with Gasteiger partial charge in [0.05, 0.1) is 17.8 Å². The van der Waals surface area contributed by atoms with Gasteiger partial charge in [0, 0.05) is 13.2 Å². The van der Waals surface area contributed by atoms with E-state index in [1.807, 2.05) is 18.2 Å². The van der Waals surface area contributed by atoms with Gasteiger partial charge in [0.25, 0.3) is 5.91 Å². The normalized spacial score (nSPS) is 12.4. The van der Waals surface area contributed by atoms with Gasteiger partial charge >= 0.3 is 0 Å². The lowest BCUT2D eigenvalue weighted by Gasteiger charge is -2.20. The number of aryl methyl sites for hydroxylation is 1. The van der Waals surface area contributed by atoms with Crippen molar-refractivity contribution >= 4 is 5.91 Å². The van der Waals surface area contributed by atoms with E-state index in [-0.39, 0.29) is 11.9 Å². The predicted molar refractivity (Wildman–Crippen MR) is 79.3 cm³/mol. The van der Waals surface area contributed by atoms with E-state index in [2.05, 4.69) is 36.4 Å². The van der Waals surface area contributed by atoms with Crippen LogP contribution in [0.1, 0.15) is 42.2 Å². The third-order valence-electron chi connectivity index (χ3n) is 3.18. The number of benzene rings is 1. The molecule has 1 N–H and O–H groups in total. The summed E-state index contributed by atoms with van der Waals surface area (Å²) in [5, 5.41) is 7.14. The monoisotopic (exact) mass is 271 g/mol. The maximum Gasteiger partial charge on any atom is 0.254 e. The number of amides is 1. The van der Waals surface area contributed by atoms with Gasteiger partial charge in [0.1, 0.15) is 0 Å². The minimum Gasteiger partial charge on any atom is -0.345 e. The summed E-state index contributed by atoms with van der Waals surface area (Å²) in [5.74, 6) is 0.432. The average molecular weight is 271 g/mol. The van der Waals surface area contributed by atoms with Crippen LogP contribution >= 0.6 is 0 Å². The van der Waals surface area contributed by atoms with E-state index in [4.69, 9.17) is 0 Å². The van der Waals surface area contributed by atoms with Gasteiger partial charge in [-0.3, -0.25) is 9.48 Å². The SMILES string of the molecule is CC(C)CC(NC(=O)c1cnn(C)c1)c1ccccc1. The standard InChI is InChI=1S/C16H21N3O/c1-12(2)9-15(13-7-5-4-6-8-13)18-16(20)14-10-17-19(3)11-14/h4-8,10-12,15H,9H2,1-3H3,(H,18,20). The zero-order valence-electron chi connectivity index (χ0n) is 12.2. The van der Waals surface area contributed by atoms with Gasteiger partial charge in [0.15, 0.2) is 0 Å². The predicted octanol–water partition coefficient (Wildman–Crippen LogP) is 2.94. The van der Waals surface area contributed by atoms with E-state index >= 15 is 0 Å². The number of carbonyl (C=O) groups is 1. The maximum atomic E-state index is 12.3. The smallest absolute Gasteiger partial charge is 0.254 e. The highest BCUT2D eigenvalue weighted by Gasteiger charge is 2.17. The topological polar surface area (TPSA) is 46.9 Å². The summed E-state index contributed by atoms with van der Waals surface area (Å²) in [5.41, 5.74) is 1.73. The van der Waals surface area contributed by atoms with Crippen molar-refractivity contribution in [3.63, 3.8) is 0 Å². The van der Waals surface area contributed by atoms with Gasteiger partial charge in [-0.15, -0.1) is 0 Å². The van der Waals surface area contributed by atoms with Crippen molar-refractivity contribution in [3.8, 4) is 0 Å². The molecule has 0 spiro atoms. The van der Waals surface area contributed by atoms with Crippen LogP contribution in [-0.2, 0) is 7.05 Å². The van der Waals surface area contributed by atoms with Crippen LogP contribution < -0.4 is 5.32 Å². The van der Waals surface area contributed by atoms with Crippen molar-refractivity contribution in [3.05, 3.63) is 53.9 Å². The Labute approximate surface area is 119 Å². The minimum absolute atomic E-state index is 0.0314. The van der Waals surface area contributed by atoms with Gasteiger partial charge in [-0.05, 0) is 17.9 Å². The third-order valence-corrected chi connectivity index (χ3v) is 3.18. The largest absolute Gasteiger partial charge is 0.345 e. The van der Waals surface area contributed by atoms with Crippen molar-refractivity contribution in [2.45, 2.75) is 26.3 Å². The number of nitrogens with zero attached hydrogens (tertiary/aromatic N) is 2. The first-order valence-electron chi connectivity index (χ1n) is 6.90. The fourth-order valence-corrected chi connectivity index (χ4v) is 2.22. The first kappa shape index (κ1) is 14.3. The van der Waals surface area contributed by atoms with Crippen molar-refractivity contribution in [2.24, 2.45) is 13.0 Å².